The van der Waals surface area contributed by atoms with Crippen LogP contribution >= 0.6 is 0 Å². The van der Waals surface area contributed by atoms with Gasteiger partial charge in [0.2, 0.25) is 0 Å². The summed E-state index contributed by atoms with van der Waals surface area (Å²) >= 11 is 0. The van der Waals surface area contributed by atoms with E-state index in [9.17, 15) is 9.90 Å². The van der Waals surface area contributed by atoms with Crippen molar-refractivity contribution in [3.05, 3.63) is 34.2 Å². The van der Waals surface area contributed by atoms with Gasteiger partial charge in [0.05, 0.1) is 23.7 Å². The number of nitrogens with one attached hydrogen (secondary N) is 2. The summed E-state index contributed by atoms with van der Waals surface area (Å²) in [5, 5.41) is 18.1. The van der Waals surface area contributed by atoms with Gasteiger partial charge in [0.15, 0.2) is 0 Å². The van der Waals surface area contributed by atoms with Crippen LogP contribution in [0.5, 0.6) is 0 Å². The Labute approximate surface area is 104 Å². The van der Waals surface area contributed by atoms with Crippen LogP contribution in [0.4, 0.5) is 0 Å². The third kappa shape index (κ3) is 2.98. The molecule has 6 nitrogen and oxygen atoms in total. The van der Waals surface area contributed by atoms with Gasteiger partial charge in [-0.1, -0.05) is 6.07 Å². The Morgan fingerprint density at radius 3 is 2.78 bits per heavy atom. The van der Waals surface area contributed by atoms with Gasteiger partial charge in [-0.2, -0.15) is 0 Å². The SMILES string of the molecule is CN(Cc1ccc2[nH]c(=O)[nH]c2c1)CC(O)CO. The average molecular weight is 251 g/mol. The summed E-state index contributed by atoms with van der Waals surface area (Å²) < 4.78 is 0. The molecule has 0 aliphatic rings. The number of hydrogen-bond acceptors (Lipinski definition) is 4. The maximum atomic E-state index is 11.1. The molecule has 18 heavy (non-hydrogen) atoms. The summed E-state index contributed by atoms with van der Waals surface area (Å²) in [7, 11) is 1.86. The lowest BCUT2D eigenvalue weighted by Gasteiger charge is -2.19. The molecule has 2 rings (SSSR count). The number of benzene rings is 1. The first-order valence-corrected chi connectivity index (χ1v) is 5.77. The third-order valence-electron chi connectivity index (χ3n) is 2.77. The number of fused-ring (bicyclic) bond motifs is 1. The number of aromatic nitrogens is 2. The van der Waals surface area contributed by atoms with E-state index < -0.39 is 6.10 Å². The molecule has 1 aromatic carbocycles. The summed E-state index contributed by atoms with van der Waals surface area (Å²) in [4.78, 5) is 18.4. The molecule has 0 radical (unpaired) electrons. The van der Waals surface area contributed by atoms with Crippen molar-refractivity contribution < 1.29 is 10.2 Å². The highest BCUT2D eigenvalue weighted by Crippen LogP contribution is 2.11. The Morgan fingerprint density at radius 2 is 2.06 bits per heavy atom. The third-order valence-corrected chi connectivity index (χ3v) is 2.77. The van der Waals surface area contributed by atoms with Gasteiger partial charge in [0.1, 0.15) is 0 Å². The normalized spacial score (nSPS) is 13.3. The Balaban J connectivity index is 2.09. The average Bonchev–Trinajstić information content (AvgIpc) is 2.68. The highest BCUT2D eigenvalue weighted by atomic mass is 16.3. The van der Waals surface area contributed by atoms with Crippen LogP contribution in [0.25, 0.3) is 11.0 Å². The van der Waals surface area contributed by atoms with Crippen molar-refractivity contribution in [2.75, 3.05) is 20.2 Å². The minimum absolute atomic E-state index is 0.216. The van der Waals surface area contributed by atoms with E-state index in [1.165, 1.54) is 0 Å². The van der Waals surface area contributed by atoms with E-state index in [0.717, 1.165) is 16.6 Å². The van der Waals surface area contributed by atoms with Crippen LogP contribution in [0, 0.1) is 0 Å². The topological polar surface area (TPSA) is 92.4 Å². The molecular formula is C12H17N3O3. The lowest BCUT2D eigenvalue weighted by molar-refractivity contribution is 0.0648. The first-order valence-electron chi connectivity index (χ1n) is 5.77. The number of aliphatic hydroxyl groups excluding tert-OH is 2. The smallest absolute Gasteiger partial charge is 0.323 e. The summed E-state index contributed by atoms with van der Waals surface area (Å²) in [6, 6.07) is 5.67. The lowest BCUT2D eigenvalue weighted by atomic mass is 10.2. The molecule has 98 valence electrons. The first kappa shape index (κ1) is 12.8. The molecule has 0 aliphatic heterocycles. The Bertz CT molecular complexity index is 575. The zero-order valence-electron chi connectivity index (χ0n) is 10.2. The van der Waals surface area contributed by atoms with E-state index in [1.807, 2.05) is 30.1 Å². The van der Waals surface area contributed by atoms with E-state index in [2.05, 4.69) is 9.97 Å². The molecule has 1 aromatic heterocycles. The Morgan fingerprint density at radius 1 is 1.33 bits per heavy atom. The summed E-state index contributed by atoms with van der Waals surface area (Å²) in [6.45, 7) is 0.799. The molecule has 2 aromatic rings. The Kier molecular flexibility index (Phi) is 3.81. The van der Waals surface area contributed by atoms with Crippen LogP contribution in [0.2, 0.25) is 0 Å². The van der Waals surface area contributed by atoms with Gasteiger partial charge >= 0.3 is 5.69 Å². The van der Waals surface area contributed by atoms with Crippen LogP contribution < -0.4 is 5.69 Å². The zero-order chi connectivity index (χ0) is 13.1. The number of nitrogens with zero attached hydrogens (tertiary/aromatic N) is 1. The number of aromatic amines is 2. The van der Waals surface area contributed by atoms with E-state index >= 15 is 0 Å². The van der Waals surface area contributed by atoms with E-state index in [0.29, 0.717) is 13.1 Å². The van der Waals surface area contributed by atoms with Crippen molar-refractivity contribution >= 4 is 11.0 Å². The van der Waals surface area contributed by atoms with Gasteiger partial charge < -0.3 is 20.2 Å². The summed E-state index contributed by atoms with van der Waals surface area (Å²) in [5.41, 5.74) is 2.37. The lowest BCUT2D eigenvalue weighted by Crippen LogP contribution is -2.30. The molecule has 0 spiro atoms. The molecule has 0 aliphatic carbocycles. The van der Waals surface area contributed by atoms with Crippen molar-refractivity contribution in [1.29, 1.82) is 0 Å². The fourth-order valence-corrected chi connectivity index (χ4v) is 1.97. The molecule has 1 unspecified atom stereocenters. The van der Waals surface area contributed by atoms with Crippen molar-refractivity contribution in [2.24, 2.45) is 0 Å². The summed E-state index contributed by atoms with van der Waals surface area (Å²) in [6.07, 6.45) is -0.731. The molecule has 0 amide bonds. The molecule has 1 atom stereocenters. The Hall–Kier alpha value is -1.63. The molecule has 0 saturated heterocycles. The van der Waals surface area contributed by atoms with Crippen LogP contribution in [0.1, 0.15) is 5.56 Å². The van der Waals surface area contributed by atoms with Gasteiger partial charge in [0, 0.05) is 13.1 Å². The van der Waals surface area contributed by atoms with Gasteiger partial charge in [-0.15, -0.1) is 0 Å². The monoisotopic (exact) mass is 251 g/mol. The highest BCUT2D eigenvalue weighted by Gasteiger charge is 2.08. The van der Waals surface area contributed by atoms with E-state index in [4.69, 9.17) is 5.11 Å². The second kappa shape index (κ2) is 5.34. The molecule has 6 heteroatoms. The molecule has 0 bridgehead atoms. The number of imidazole rings is 1. The number of hydrogen-bond donors (Lipinski definition) is 4. The summed E-state index contributed by atoms with van der Waals surface area (Å²) in [5.74, 6) is 0. The van der Waals surface area contributed by atoms with Crippen molar-refractivity contribution in [1.82, 2.24) is 14.9 Å². The van der Waals surface area contributed by atoms with Gasteiger partial charge in [-0.25, -0.2) is 4.79 Å². The van der Waals surface area contributed by atoms with Crippen molar-refractivity contribution in [3.63, 3.8) is 0 Å². The molecule has 0 saturated carbocycles. The predicted octanol–water partition coefficient (Wildman–Crippen LogP) is -0.359. The quantitative estimate of drug-likeness (QED) is 0.584. The first-order chi connectivity index (χ1) is 8.58. The number of aliphatic hydroxyl groups is 2. The molecular weight excluding hydrogens is 234 g/mol. The highest BCUT2D eigenvalue weighted by molar-refractivity contribution is 5.74. The van der Waals surface area contributed by atoms with Crippen molar-refractivity contribution in [2.45, 2.75) is 12.6 Å². The maximum absolute atomic E-state index is 11.1. The second-order valence-electron chi connectivity index (χ2n) is 4.49. The largest absolute Gasteiger partial charge is 0.394 e. The van der Waals surface area contributed by atoms with Gasteiger partial charge in [-0.3, -0.25) is 4.90 Å². The number of likely N-dealkylation sites (N-methyl/N-ethyl adjacent to an activating group) is 1. The van der Waals surface area contributed by atoms with E-state index in [-0.39, 0.29) is 12.3 Å². The fraction of sp³-hybridized carbons (Fsp3) is 0.417. The van der Waals surface area contributed by atoms with Crippen molar-refractivity contribution in [3.8, 4) is 0 Å². The van der Waals surface area contributed by atoms with Crippen LogP contribution in [-0.4, -0.2) is 51.4 Å². The molecule has 1 heterocycles. The van der Waals surface area contributed by atoms with Crippen LogP contribution in [0.15, 0.2) is 23.0 Å². The zero-order valence-corrected chi connectivity index (χ0v) is 10.2. The van der Waals surface area contributed by atoms with E-state index in [1.54, 1.807) is 0 Å². The standard InChI is InChI=1S/C12H17N3O3/c1-15(6-9(17)7-16)5-8-2-3-10-11(4-8)14-12(18)13-10/h2-4,9,16-17H,5-7H2,1H3,(H2,13,14,18). The van der Waals surface area contributed by atoms with Gasteiger partial charge in [-0.05, 0) is 24.7 Å². The van der Waals surface area contributed by atoms with Crippen LogP contribution in [-0.2, 0) is 6.54 Å². The molecule has 0 fully saturated rings. The fourth-order valence-electron chi connectivity index (χ4n) is 1.97. The number of rotatable bonds is 5. The minimum atomic E-state index is -0.731. The van der Waals surface area contributed by atoms with Gasteiger partial charge in [0.25, 0.3) is 0 Å². The second-order valence-corrected chi connectivity index (χ2v) is 4.49. The number of H-pyrrole nitrogens is 2. The predicted molar refractivity (Wildman–Crippen MR) is 68.3 cm³/mol. The maximum Gasteiger partial charge on any atom is 0.323 e. The van der Waals surface area contributed by atoms with Crippen LogP contribution in [0.3, 0.4) is 0 Å². The minimum Gasteiger partial charge on any atom is -0.394 e. The molecule has 4 N–H and O–H groups in total.